The molecule has 1 fully saturated rings. The van der Waals surface area contributed by atoms with Crippen molar-refractivity contribution in [1.29, 1.82) is 0 Å². The van der Waals surface area contributed by atoms with Gasteiger partial charge in [-0.25, -0.2) is 0 Å². The molecule has 4 nitrogen and oxygen atoms in total. The first kappa shape index (κ1) is 14.6. The molecule has 1 heterocycles. The first-order valence-electron chi connectivity index (χ1n) is 7.05. The second-order valence-corrected chi connectivity index (χ2v) is 6.04. The maximum atomic E-state index is 5.60. The van der Waals surface area contributed by atoms with Crippen LogP contribution in [0.4, 0.5) is 0 Å². The number of furan rings is 1. The Labute approximate surface area is 115 Å². The number of hydrogen-bond donors (Lipinski definition) is 1. The first-order valence-corrected chi connectivity index (χ1v) is 7.05. The Hall–Kier alpha value is -0.840. The van der Waals surface area contributed by atoms with Crippen LogP contribution in [-0.2, 0) is 22.6 Å². The first-order chi connectivity index (χ1) is 9.04. The van der Waals surface area contributed by atoms with Gasteiger partial charge in [-0.1, -0.05) is 0 Å². The number of ether oxygens (including phenoxy) is 2. The van der Waals surface area contributed by atoms with E-state index in [1.807, 2.05) is 26.8 Å². The molecular weight excluding hydrogens is 242 g/mol. The number of hydrogen-bond acceptors (Lipinski definition) is 4. The fraction of sp³-hybridized carbons (Fsp3) is 0.733. The molecule has 2 rings (SSSR count). The summed E-state index contributed by atoms with van der Waals surface area (Å²) in [5.74, 6) is 0.920. The molecule has 1 N–H and O–H groups in total. The van der Waals surface area contributed by atoms with Gasteiger partial charge in [0.25, 0.3) is 0 Å². The van der Waals surface area contributed by atoms with E-state index in [1.54, 1.807) is 6.26 Å². The van der Waals surface area contributed by atoms with E-state index in [2.05, 4.69) is 5.32 Å². The minimum atomic E-state index is -0.104. The summed E-state index contributed by atoms with van der Waals surface area (Å²) < 4.78 is 16.6. The van der Waals surface area contributed by atoms with Crippen LogP contribution < -0.4 is 5.32 Å². The molecule has 0 spiro atoms. The van der Waals surface area contributed by atoms with E-state index in [-0.39, 0.29) is 5.60 Å². The third-order valence-electron chi connectivity index (χ3n) is 2.99. The molecular formula is C15H25NO3. The lowest BCUT2D eigenvalue weighted by Crippen LogP contribution is -2.21. The van der Waals surface area contributed by atoms with Crippen molar-refractivity contribution in [1.82, 2.24) is 5.32 Å². The standard InChI is InChI=1S/C15H25NO3/c1-15(2,3)19-9-8-17-11-14-12(6-7-18-14)10-16-13-4-5-13/h6-7,13,16H,4-5,8-11H2,1-3H3. The average Bonchev–Trinajstić information content (AvgIpc) is 3.05. The van der Waals surface area contributed by atoms with Crippen molar-refractivity contribution in [3.8, 4) is 0 Å². The average molecular weight is 267 g/mol. The highest BCUT2D eigenvalue weighted by Crippen LogP contribution is 2.20. The second-order valence-electron chi connectivity index (χ2n) is 6.04. The van der Waals surface area contributed by atoms with Crippen LogP contribution in [0.25, 0.3) is 0 Å². The number of rotatable bonds is 8. The Morgan fingerprint density at radius 3 is 2.79 bits per heavy atom. The minimum Gasteiger partial charge on any atom is -0.467 e. The molecule has 0 aliphatic heterocycles. The predicted octanol–water partition coefficient (Wildman–Crippen LogP) is 2.86. The van der Waals surface area contributed by atoms with Crippen molar-refractivity contribution in [2.75, 3.05) is 13.2 Å². The molecule has 1 saturated carbocycles. The minimum absolute atomic E-state index is 0.104. The molecule has 0 radical (unpaired) electrons. The van der Waals surface area contributed by atoms with Crippen LogP contribution in [0, 0.1) is 0 Å². The lowest BCUT2D eigenvalue weighted by atomic mass is 10.2. The van der Waals surface area contributed by atoms with E-state index >= 15 is 0 Å². The maximum Gasteiger partial charge on any atom is 0.133 e. The zero-order valence-electron chi connectivity index (χ0n) is 12.2. The number of nitrogens with one attached hydrogen (secondary N) is 1. The van der Waals surface area contributed by atoms with E-state index in [0.717, 1.165) is 12.3 Å². The molecule has 0 aromatic carbocycles. The Morgan fingerprint density at radius 1 is 1.32 bits per heavy atom. The van der Waals surface area contributed by atoms with Gasteiger partial charge in [0.2, 0.25) is 0 Å². The smallest absolute Gasteiger partial charge is 0.133 e. The Morgan fingerprint density at radius 2 is 2.11 bits per heavy atom. The van der Waals surface area contributed by atoms with E-state index < -0.39 is 0 Å². The lowest BCUT2D eigenvalue weighted by Gasteiger charge is -2.19. The van der Waals surface area contributed by atoms with Crippen LogP contribution in [0.2, 0.25) is 0 Å². The maximum absolute atomic E-state index is 5.60. The predicted molar refractivity (Wildman–Crippen MR) is 73.9 cm³/mol. The van der Waals surface area contributed by atoms with E-state index in [0.29, 0.717) is 25.9 Å². The Kier molecular flexibility index (Phi) is 5.02. The van der Waals surface area contributed by atoms with E-state index in [9.17, 15) is 0 Å². The molecule has 1 aliphatic carbocycles. The molecule has 1 aromatic heterocycles. The molecule has 1 aromatic rings. The van der Waals surface area contributed by atoms with Gasteiger partial charge in [-0.2, -0.15) is 0 Å². The van der Waals surface area contributed by atoms with Crippen molar-refractivity contribution in [3.63, 3.8) is 0 Å². The Bertz CT molecular complexity index is 377. The highest BCUT2D eigenvalue weighted by Gasteiger charge is 2.20. The summed E-state index contributed by atoms with van der Waals surface area (Å²) in [5.41, 5.74) is 1.09. The molecule has 0 atom stereocenters. The normalized spacial score (nSPS) is 15.9. The Balaban J connectivity index is 1.63. The van der Waals surface area contributed by atoms with Gasteiger partial charge in [0.1, 0.15) is 12.4 Å². The van der Waals surface area contributed by atoms with Crippen LogP contribution in [0.5, 0.6) is 0 Å². The fourth-order valence-corrected chi connectivity index (χ4v) is 1.76. The summed E-state index contributed by atoms with van der Waals surface area (Å²) in [4.78, 5) is 0. The molecule has 4 heteroatoms. The summed E-state index contributed by atoms with van der Waals surface area (Å²) >= 11 is 0. The van der Waals surface area contributed by atoms with Crippen LogP contribution >= 0.6 is 0 Å². The van der Waals surface area contributed by atoms with Crippen LogP contribution in [-0.4, -0.2) is 24.9 Å². The van der Waals surface area contributed by atoms with Gasteiger partial charge in [0.05, 0.1) is 25.1 Å². The van der Waals surface area contributed by atoms with Gasteiger partial charge in [0, 0.05) is 18.2 Å². The van der Waals surface area contributed by atoms with E-state index in [1.165, 1.54) is 18.4 Å². The lowest BCUT2D eigenvalue weighted by molar-refractivity contribution is -0.0395. The van der Waals surface area contributed by atoms with Crippen molar-refractivity contribution in [2.24, 2.45) is 0 Å². The SMILES string of the molecule is CC(C)(C)OCCOCc1occc1CNC1CC1. The summed E-state index contributed by atoms with van der Waals surface area (Å²) in [7, 11) is 0. The zero-order chi connectivity index (χ0) is 13.7. The molecule has 1 aliphatic rings. The van der Waals surface area contributed by atoms with Crippen molar-refractivity contribution in [2.45, 2.75) is 58.4 Å². The van der Waals surface area contributed by atoms with Gasteiger partial charge in [-0.3, -0.25) is 0 Å². The van der Waals surface area contributed by atoms with Crippen LogP contribution in [0.15, 0.2) is 16.7 Å². The van der Waals surface area contributed by atoms with E-state index in [4.69, 9.17) is 13.9 Å². The molecule has 0 unspecified atom stereocenters. The summed E-state index contributed by atoms with van der Waals surface area (Å²) in [6.45, 7) is 8.72. The van der Waals surface area contributed by atoms with Crippen molar-refractivity contribution < 1.29 is 13.9 Å². The van der Waals surface area contributed by atoms with Crippen molar-refractivity contribution in [3.05, 3.63) is 23.7 Å². The topological polar surface area (TPSA) is 43.6 Å². The van der Waals surface area contributed by atoms with Gasteiger partial charge in [-0.05, 0) is 39.7 Å². The molecule has 0 amide bonds. The quantitative estimate of drug-likeness (QED) is 0.736. The molecule has 0 bridgehead atoms. The monoisotopic (exact) mass is 267 g/mol. The third kappa shape index (κ3) is 5.76. The summed E-state index contributed by atoms with van der Waals surface area (Å²) in [6, 6.07) is 2.73. The zero-order valence-corrected chi connectivity index (χ0v) is 12.2. The summed E-state index contributed by atoms with van der Waals surface area (Å²) in [5, 5.41) is 3.48. The van der Waals surface area contributed by atoms with Crippen LogP contribution in [0.3, 0.4) is 0 Å². The molecule has 108 valence electrons. The fourth-order valence-electron chi connectivity index (χ4n) is 1.76. The van der Waals surface area contributed by atoms with Crippen molar-refractivity contribution >= 4 is 0 Å². The van der Waals surface area contributed by atoms with Gasteiger partial charge in [-0.15, -0.1) is 0 Å². The molecule has 19 heavy (non-hydrogen) atoms. The van der Waals surface area contributed by atoms with Gasteiger partial charge < -0.3 is 19.2 Å². The van der Waals surface area contributed by atoms with Crippen LogP contribution in [0.1, 0.15) is 44.9 Å². The highest BCUT2D eigenvalue weighted by atomic mass is 16.5. The highest BCUT2D eigenvalue weighted by molar-refractivity contribution is 5.16. The van der Waals surface area contributed by atoms with Gasteiger partial charge >= 0.3 is 0 Å². The third-order valence-corrected chi connectivity index (χ3v) is 2.99. The molecule has 0 saturated heterocycles. The largest absolute Gasteiger partial charge is 0.467 e. The summed E-state index contributed by atoms with van der Waals surface area (Å²) in [6.07, 6.45) is 4.33. The second kappa shape index (κ2) is 6.55. The van der Waals surface area contributed by atoms with Gasteiger partial charge in [0.15, 0.2) is 0 Å².